The molecule has 0 spiro atoms. The average molecular weight is 228 g/mol. The van der Waals surface area contributed by atoms with Crippen molar-refractivity contribution < 1.29 is 4.74 Å². The fourth-order valence-corrected chi connectivity index (χ4v) is 2.26. The molecule has 1 saturated carbocycles. The number of hydrogen-bond donors (Lipinski definition) is 1. The zero-order valence-corrected chi connectivity index (χ0v) is 9.94. The van der Waals surface area contributed by atoms with Crippen LogP contribution in [0.1, 0.15) is 18.5 Å². The molecule has 1 aromatic heterocycles. The number of benzene rings is 1. The van der Waals surface area contributed by atoms with E-state index in [9.17, 15) is 0 Å². The SMILES string of the molecule is COC(=N)c1cc2ccccc2n1CC1CC1. The van der Waals surface area contributed by atoms with E-state index in [0.29, 0.717) is 0 Å². The van der Waals surface area contributed by atoms with Gasteiger partial charge in [-0.2, -0.15) is 0 Å². The van der Waals surface area contributed by atoms with Crippen LogP contribution in [0.5, 0.6) is 0 Å². The van der Waals surface area contributed by atoms with Gasteiger partial charge in [0.1, 0.15) is 5.69 Å². The molecular weight excluding hydrogens is 212 g/mol. The Morgan fingerprint density at radius 3 is 2.88 bits per heavy atom. The lowest BCUT2D eigenvalue weighted by Gasteiger charge is -2.09. The quantitative estimate of drug-likeness (QED) is 0.636. The van der Waals surface area contributed by atoms with Crippen molar-refractivity contribution in [3.8, 4) is 0 Å². The fraction of sp³-hybridized carbons (Fsp3) is 0.357. The molecule has 1 fully saturated rings. The highest BCUT2D eigenvalue weighted by molar-refractivity contribution is 5.96. The fourth-order valence-electron chi connectivity index (χ4n) is 2.26. The highest BCUT2D eigenvalue weighted by Crippen LogP contribution is 2.33. The Bertz CT molecular complexity index is 567. The Morgan fingerprint density at radius 2 is 2.18 bits per heavy atom. The Hall–Kier alpha value is -1.77. The van der Waals surface area contributed by atoms with Crippen LogP contribution in [0.3, 0.4) is 0 Å². The van der Waals surface area contributed by atoms with Crippen molar-refractivity contribution in [2.45, 2.75) is 19.4 Å². The van der Waals surface area contributed by atoms with E-state index < -0.39 is 0 Å². The van der Waals surface area contributed by atoms with E-state index in [0.717, 1.165) is 18.2 Å². The van der Waals surface area contributed by atoms with E-state index in [1.807, 2.05) is 18.2 Å². The van der Waals surface area contributed by atoms with E-state index >= 15 is 0 Å². The highest BCUT2D eigenvalue weighted by Gasteiger charge is 2.24. The third-order valence-electron chi connectivity index (χ3n) is 3.39. The van der Waals surface area contributed by atoms with E-state index in [1.54, 1.807) is 7.11 Å². The molecule has 0 saturated heterocycles. The molecule has 1 aliphatic rings. The zero-order valence-electron chi connectivity index (χ0n) is 9.94. The molecule has 1 aliphatic carbocycles. The van der Waals surface area contributed by atoms with Gasteiger partial charge in [-0.1, -0.05) is 18.2 Å². The van der Waals surface area contributed by atoms with Crippen LogP contribution in [0.15, 0.2) is 30.3 Å². The number of rotatable bonds is 3. The molecule has 0 radical (unpaired) electrons. The van der Waals surface area contributed by atoms with Crippen molar-refractivity contribution >= 4 is 16.8 Å². The van der Waals surface area contributed by atoms with Crippen molar-refractivity contribution in [1.29, 1.82) is 5.41 Å². The molecule has 0 unspecified atom stereocenters. The van der Waals surface area contributed by atoms with Crippen molar-refractivity contribution in [2.24, 2.45) is 5.92 Å². The maximum atomic E-state index is 7.87. The van der Waals surface area contributed by atoms with Gasteiger partial charge in [0.05, 0.1) is 7.11 Å². The Morgan fingerprint density at radius 1 is 1.41 bits per heavy atom. The van der Waals surface area contributed by atoms with Crippen LogP contribution < -0.4 is 0 Å². The predicted molar refractivity (Wildman–Crippen MR) is 68.5 cm³/mol. The van der Waals surface area contributed by atoms with Gasteiger partial charge in [0.15, 0.2) is 0 Å². The largest absolute Gasteiger partial charge is 0.480 e. The van der Waals surface area contributed by atoms with E-state index in [-0.39, 0.29) is 5.90 Å². The van der Waals surface area contributed by atoms with Crippen molar-refractivity contribution in [3.63, 3.8) is 0 Å². The van der Waals surface area contributed by atoms with Gasteiger partial charge >= 0.3 is 0 Å². The lowest BCUT2D eigenvalue weighted by Crippen LogP contribution is -2.11. The van der Waals surface area contributed by atoms with Crippen molar-refractivity contribution in [2.75, 3.05) is 7.11 Å². The van der Waals surface area contributed by atoms with Gasteiger partial charge in [-0.3, -0.25) is 5.41 Å². The molecule has 3 rings (SSSR count). The first-order valence-corrected chi connectivity index (χ1v) is 6.01. The minimum absolute atomic E-state index is 0.252. The summed E-state index contributed by atoms with van der Waals surface area (Å²) >= 11 is 0. The molecule has 0 aliphatic heterocycles. The Balaban J connectivity index is 2.13. The summed E-state index contributed by atoms with van der Waals surface area (Å²) in [5, 5.41) is 9.06. The second-order valence-corrected chi connectivity index (χ2v) is 4.68. The Kier molecular flexibility index (Phi) is 2.39. The second-order valence-electron chi connectivity index (χ2n) is 4.68. The van der Waals surface area contributed by atoms with Gasteiger partial charge in [-0.05, 0) is 30.9 Å². The summed E-state index contributed by atoms with van der Waals surface area (Å²) in [7, 11) is 1.56. The summed E-state index contributed by atoms with van der Waals surface area (Å²) in [4.78, 5) is 0. The standard InChI is InChI=1S/C14H16N2O/c1-17-14(15)13-8-11-4-2-3-5-12(11)16(13)9-10-6-7-10/h2-5,8,10,15H,6-7,9H2,1H3. The lowest BCUT2D eigenvalue weighted by molar-refractivity contribution is 0.396. The summed E-state index contributed by atoms with van der Waals surface area (Å²) < 4.78 is 7.29. The molecule has 3 heteroatoms. The maximum Gasteiger partial charge on any atom is 0.230 e. The summed E-state index contributed by atoms with van der Waals surface area (Å²) in [6, 6.07) is 10.3. The summed E-state index contributed by atoms with van der Waals surface area (Å²) in [5.74, 6) is 1.04. The summed E-state index contributed by atoms with van der Waals surface area (Å²) in [6.45, 7) is 1.01. The van der Waals surface area contributed by atoms with E-state index in [4.69, 9.17) is 10.1 Å². The van der Waals surface area contributed by atoms with Crippen LogP contribution >= 0.6 is 0 Å². The van der Waals surface area contributed by atoms with Gasteiger partial charge in [0.2, 0.25) is 5.90 Å². The number of ether oxygens (including phenoxy) is 1. The van der Waals surface area contributed by atoms with E-state index in [1.165, 1.54) is 23.7 Å². The molecule has 2 aromatic rings. The molecule has 0 atom stereocenters. The molecule has 17 heavy (non-hydrogen) atoms. The first kappa shape index (κ1) is 10.4. The number of methoxy groups -OCH3 is 1. The number of hydrogen-bond acceptors (Lipinski definition) is 2. The molecular formula is C14H16N2O. The maximum absolute atomic E-state index is 7.87. The van der Waals surface area contributed by atoms with Crippen LogP contribution in [-0.2, 0) is 11.3 Å². The molecule has 0 amide bonds. The number of nitrogens with one attached hydrogen (secondary N) is 1. The van der Waals surface area contributed by atoms with E-state index in [2.05, 4.69) is 16.7 Å². The average Bonchev–Trinajstić information content (AvgIpc) is 3.10. The Labute approximate surface area is 101 Å². The van der Waals surface area contributed by atoms with Crippen LogP contribution in [0.25, 0.3) is 10.9 Å². The van der Waals surface area contributed by atoms with Gasteiger partial charge in [-0.15, -0.1) is 0 Å². The summed E-state index contributed by atoms with van der Waals surface area (Å²) in [6.07, 6.45) is 2.62. The highest BCUT2D eigenvalue weighted by atomic mass is 16.5. The summed E-state index contributed by atoms with van der Waals surface area (Å²) in [5.41, 5.74) is 2.09. The predicted octanol–water partition coefficient (Wildman–Crippen LogP) is 3.02. The first-order chi connectivity index (χ1) is 8.29. The van der Waals surface area contributed by atoms with Crippen LogP contribution in [0, 0.1) is 11.3 Å². The number of nitrogens with zero attached hydrogens (tertiary/aromatic N) is 1. The van der Waals surface area contributed by atoms with Gasteiger partial charge < -0.3 is 9.30 Å². The second kappa shape index (κ2) is 3.91. The smallest absolute Gasteiger partial charge is 0.230 e. The number of para-hydroxylation sites is 1. The molecule has 1 heterocycles. The topological polar surface area (TPSA) is 38.0 Å². The molecule has 1 N–H and O–H groups in total. The lowest BCUT2D eigenvalue weighted by atomic mass is 10.2. The first-order valence-electron chi connectivity index (χ1n) is 6.01. The minimum Gasteiger partial charge on any atom is -0.480 e. The van der Waals surface area contributed by atoms with Crippen LogP contribution in [0.2, 0.25) is 0 Å². The van der Waals surface area contributed by atoms with Gasteiger partial charge in [-0.25, -0.2) is 0 Å². The zero-order chi connectivity index (χ0) is 11.8. The molecule has 1 aromatic carbocycles. The number of fused-ring (bicyclic) bond motifs is 1. The third-order valence-corrected chi connectivity index (χ3v) is 3.39. The molecule has 0 bridgehead atoms. The monoisotopic (exact) mass is 228 g/mol. The van der Waals surface area contributed by atoms with Crippen LogP contribution in [0.4, 0.5) is 0 Å². The normalized spacial score (nSPS) is 15.1. The van der Waals surface area contributed by atoms with Crippen LogP contribution in [-0.4, -0.2) is 17.6 Å². The molecule has 3 nitrogen and oxygen atoms in total. The number of aromatic nitrogens is 1. The molecule has 88 valence electrons. The third kappa shape index (κ3) is 1.82. The van der Waals surface area contributed by atoms with Crippen molar-refractivity contribution in [1.82, 2.24) is 4.57 Å². The van der Waals surface area contributed by atoms with Crippen molar-refractivity contribution in [3.05, 3.63) is 36.0 Å². The van der Waals surface area contributed by atoms with Gasteiger partial charge in [0, 0.05) is 17.4 Å². The van der Waals surface area contributed by atoms with Gasteiger partial charge in [0.25, 0.3) is 0 Å². The minimum atomic E-state index is 0.252.